The summed E-state index contributed by atoms with van der Waals surface area (Å²) in [6, 6.07) is 29.1. The number of anilines is 4. The first-order chi connectivity index (χ1) is 22.3. The highest BCUT2D eigenvalue weighted by molar-refractivity contribution is 6.10. The molecule has 4 aromatic carbocycles. The largest absolute Gasteiger partial charge is 0.369 e. The lowest BCUT2D eigenvalue weighted by atomic mass is 10.0. The number of nitrogens with zero attached hydrogens (tertiary/aromatic N) is 4. The predicted molar refractivity (Wildman–Crippen MR) is 185 cm³/mol. The Labute approximate surface area is 270 Å². The number of hydrogen-bond donors (Lipinski definition) is 2. The van der Waals surface area contributed by atoms with Gasteiger partial charge in [0.1, 0.15) is 0 Å². The Morgan fingerprint density at radius 2 is 0.739 bits per heavy atom. The van der Waals surface area contributed by atoms with Crippen molar-refractivity contribution < 1.29 is 14.4 Å². The smallest absolute Gasteiger partial charge is 0.255 e. The normalized spacial score (nSPS) is 15.8. The van der Waals surface area contributed by atoms with Crippen LogP contribution >= 0.6 is 0 Å². The molecule has 0 bridgehead atoms. The van der Waals surface area contributed by atoms with Crippen LogP contribution in [0.25, 0.3) is 0 Å². The second-order valence-electron chi connectivity index (χ2n) is 12.1. The first kappa shape index (κ1) is 31.0. The van der Waals surface area contributed by atoms with Crippen molar-refractivity contribution in [2.24, 2.45) is 0 Å². The first-order valence-corrected chi connectivity index (χ1v) is 15.8. The van der Waals surface area contributed by atoms with Gasteiger partial charge in [-0.25, -0.2) is 0 Å². The predicted octanol–water partition coefficient (Wildman–Crippen LogP) is 4.93. The number of carbonyl (C=O) groups excluding carboxylic acids is 3. The van der Waals surface area contributed by atoms with Crippen molar-refractivity contribution in [2.45, 2.75) is 0 Å². The summed E-state index contributed by atoms with van der Waals surface area (Å²) in [4.78, 5) is 48.1. The molecule has 2 heterocycles. The first-order valence-electron chi connectivity index (χ1n) is 15.8. The highest BCUT2D eigenvalue weighted by Crippen LogP contribution is 2.21. The zero-order chi connectivity index (χ0) is 32.0. The summed E-state index contributed by atoms with van der Waals surface area (Å²) in [6.45, 7) is 7.99. The summed E-state index contributed by atoms with van der Waals surface area (Å²) in [6.07, 6.45) is 0. The third-order valence-corrected chi connectivity index (χ3v) is 8.81. The average Bonchev–Trinajstić information content (AvgIpc) is 3.09. The molecule has 0 radical (unpaired) electrons. The minimum Gasteiger partial charge on any atom is -0.369 e. The van der Waals surface area contributed by atoms with E-state index >= 15 is 0 Å². The van der Waals surface area contributed by atoms with E-state index in [1.165, 1.54) is 0 Å². The van der Waals surface area contributed by atoms with Crippen molar-refractivity contribution in [2.75, 3.05) is 86.9 Å². The van der Waals surface area contributed by atoms with Crippen molar-refractivity contribution in [3.8, 4) is 0 Å². The van der Waals surface area contributed by atoms with Gasteiger partial charge in [0.2, 0.25) is 0 Å². The van der Waals surface area contributed by atoms with Crippen LogP contribution in [0.15, 0.2) is 97.1 Å². The molecule has 46 heavy (non-hydrogen) atoms. The Kier molecular flexibility index (Phi) is 9.42. The van der Waals surface area contributed by atoms with Crippen LogP contribution in [0.3, 0.4) is 0 Å². The zero-order valence-electron chi connectivity index (χ0n) is 26.4. The standard InChI is InChI=1S/C37H40N6O3/c1-40-19-23-42(24-20-40)33-15-7-29(8-16-33)36(45)38-31-11-3-27(4-12-31)35(44)28-5-13-32(14-6-28)39-37(46)30-9-17-34(18-10-30)43-25-21-41(2)22-26-43/h3-18H,19-26H2,1-2H3,(H,38,45)(H,39,46). The maximum absolute atomic E-state index is 13.1. The van der Waals surface area contributed by atoms with Crippen molar-refractivity contribution in [3.63, 3.8) is 0 Å². The fourth-order valence-corrected chi connectivity index (χ4v) is 5.76. The number of amides is 2. The highest BCUT2D eigenvalue weighted by Gasteiger charge is 2.17. The number of ketones is 1. The van der Waals surface area contributed by atoms with Gasteiger partial charge in [0.25, 0.3) is 11.8 Å². The Morgan fingerprint density at radius 1 is 0.435 bits per heavy atom. The van der Waals surface area contributed by atoms with Crippen LogP contribution in [0.5, 0.6) is 0 Å². The molecule has 2 fully saturated rings. The van der Waals surface area contributed by atoms with Gasteiger partial charge in [0, 0.05) is 97.4 Å². The minimum absolute atomic E-state index is 0.144. The van der Waals surface area contributed by atoms with Crippen LogP contribution in [0.2, 0.25) is 0 Å². The van der Waals surface area contributed by atoms with E-state index in [-0.39, 0.29) is 17.6 Å². The van der Waals surface area contributed by atoms with Gasteiger partial charge in [0.05, 0.1) is 0 Å². The molecule has 2 aliphatic rings. The Morgan fingerprint density at radius 3 is 1.07 bits per heavy atom. The lowest BCUT2D eigenvalue weighted by molar-refractivity contribution is 0.101. The number of likely N-dealkylation sites (N-methyl/N-ethyl adjacent to an activating group) is 2. The molecular weight excluding hydrogens is 576 g/mol. The van der Waals surface area contributed by atoms with Gasteiger partial charge in [-0.1, -0.05) is 0 Å². The molecular formula is C37H40N6O3. The molecule has 6 rings (SSSR count). The van der Waals surface area contributed by atoms with E-state index in [0.717, 1.165) is 63.7 Å². The number of carbonyl (C=O) groups is 3. The Bertz CT molecular complexity index is 1530. The van der Waals surface area contributed by atoms with Crippen LogP contribution < -0.4 is 20.4 Å². The Hall–Kier alpha value is -4.99. The van der Waals surface area contributed by atoms with Crippen molar-refractivity contribution >= 4 is 40.3 Å². The fraction of sp³-hybridized carbons (Fsp3) is 0.270. The van der Waals surface area contributed by atoms with E-state index in [2.05, 4.69) is 44.3 Å². The van der Waals surface area contributed by atoms with E-state index in [1.807, 2.05) is 48.5 Å². The van der Waals surface area contributed by atoms with Crippen molar-refractivity contribution in [1.82, 2.24) is 9.80 Å². The summed E-state index contributed by atoms with van der Waals surface area (Å²) >= 11 is 0. The second kappa shape index (κ2) is 14.0. The molecule has 2 amide bonds. The molecule has 9 heteroatoms. The van der Waals surface area contributed by atoms with Gasteiger partial charge in [-0.3, -0.25) is 14.4 Å². The van der Waals surface area contributed by atoms with Crippen LogP contribution in [0, 0.1) is 0 Å². The van der Waals surface area contributed by atoms with Crippen molar-refractivity contribution in [3.05, 3.63) is 119 Å². The summed E-state index contributed by atoms with van der Waals surface area (Å²) in [5.41, 5.74) is 5.63. The summed E-state index contributed by atoms with van der Waals surface area (Å²) in [5.74, 6) is -0.546. The average molecular weight is 617 g/mol. The van der Waals surface area contributed by atoms with Gasteiger partial charge in [-0.05, 0) is 111 Å². The lowest BCUT2D eigenvalue weighted by Gasteiger charge is -2.34. The molecule has 4 aromatic rings. The fourth-order valence-electron chi connectivity index (χ4n) is 5.76. The van der Waals surface area contributed by atoms with Crippen LogP contribution in [-0.2, 0) is 0 Å². The maximum Gasteiger partial charge on any atom is 0.255 e. The van der Waals surface area contributed by atoms with E-state index in [9.17, 15) is 14.4 Å². The van der Waals surface area contributed by atoms with Gasteiger partial charge in [-0.2, -0.15) is 0 Å². The quantitative estimate of drug-likeness (QED) is 0.272. The third kappa shape index (κ3) is 7.44. The molecule has 236 valence electrons. The molecule has 0 aliphatic carbocycles. The number of piperazine rings is 2. The lowest BCUT2D eigenvalue weighted by Crippen LogP contribution is -2.44. The number of benzene rings is 4. The van der Waals surface area contributed by atoms with Gasteiger partial charge < -0.3 is 30.2 Å². The second-order valence-corrected chi connectivity index (χ2v) is 12.1. The van der Waals surface area contributed by atoms with E-state index < -0.39 is 0 Å². The van der Waals surface area contributed by atoms with Crippen LogP contribution in [0.1, 0.15) is 36.6 Å². The molecule has 2 saturated heterocycles. The topological polar surface area (TPSA) is 88.2 Å². The molecule has 0 atom stereocenters. The SMILES string of the molecule is CN1CCN(c2ccc(C(=O)Nc3ccc(C(=O)c4ccc(NC(=O)c5ccc(N6CCN(C)CC6)cc5)cc4)cc3)cc2)CC1. The summed E-state index contributed by atoms with van der Waals surface area (Å²) < 4.78 is 0. The Balaban J connectivity index is 1.00. The van der Waals surface area contributed by atoms with Gasteiger partial charge in [-0.15, -0.1) is 0 Å². The van der Waals surface area contributed by atoms with E-state index in [4.69, 9.17) is 0 Å². The summed E-state index contributed by atoms with van der Waals surface area (Å²) in [7, 11) is 4.26. The molecule has 0 saturated carbocycles. The highest BCUT2D eigenvalue weighted by atomic mass is 16.2. The third-order valence-electron chi connectivity index (χ3n) is 8.81. The molecule has 0 spiro atoms. The van der Waals surface area contributed by atoms with Crippen LogP contribution in [-0.4, -0.2) is 93.9 Å². The molecule has 9 nitrogen and oxygen atoms in total. The number of hydrogen-bond acceptors (Lipinski definition) is 7. The molecule has 0 aromatic heterocycles. The van der Waals surface area contributed by atoms with Gasteiger partial charge in [0.15, 0.2) is 5.78 Å². The van der Waals surface area contributed by atoms with Crippen LogP contribution in [0.4, 0.5) is 22.7 Å². The zero-order valence-corrected chi connectivity index (χ0v) is 26.4. The van der Waals surface area contributed by atoms with Gasteiger partial charge >= 0.3 is 0 Å². The maximum atomic E-state index is 13.1. The van der Waals surface area contributed by atoms with E-state index in [0.29, 0.717) is 33.6 Å². The molecule has 2 aliphatic heterocycles. The monoisotopic (exact) mass is 616 g/mol. The minimum atomic E-state index is -0.201. The molecule has 0 unspecified atom stereocenters. The van der Waals surface area contributed by atoms with Crippen molar-refractivity contribution in [1.29, 1.82) is 0 Å². The number of rotatable bonds is 8. The van der Waals surface area contributed by atoms with E-state index in [1.54, 1.807) is 48.5 Å². The molecule has 2 N–H and O–H groups in total. The summed E-state index contributed by atoms with van der Waals surface area (Å²) in [5, 5.41) is 5.83. The number of nitrogens with one attached hydrogen (secondary N) is 2.